The third kappa shape index (κ3) is 1.65. The summed E-state index contributed by atoms with van der Waals surface area (Å²) in [6, 6.07) is 12.2. The van der Waals surface area contributed by atoms with Crippen LogP contribution in [0.5, 0.6) is 0 Å². The summed E-state index contributed by atoms with van der Waals surface area (Å²) in [5, 5.41) is 2.34. The highest BCUT2D eigenvalue weighted by atomic mass is 16.1. The molecule has 0 aliphatic rings. The fraction of sp³-hybridized carbons (Fsp3) is 0.0714. The molecule has 3 aromatic rings. The normalized spacial score (nSPS) is 10.9. The summed E-state index contributed by atoms with van der Waals surface area (Å²) in [7, 11) is 0. The standard InChI is InChI=1S/C14H12N2O/c1-9(17)8-13-15-11-6-2-4-10-5-3-7-12(16-13)14(10)11/h2-8,15-16H,1H3. The number of benzene rings is 2. The Bertz CT molecular complexity index is 726. The van der Waals surface area contributed by atoms with Gasteiger partial charge in [-0.1, -0.05) is 24.3 Å². The molecule has 3 rings (SSSR count). The first-order valence-electron chi connectivity index (χ1n) is 5.52. The largest absolute Gasteiger partial charge is 0.341 e. The second kappa shape index (κ2) is 3.63. The van der Waals surface area contributed by atoms with Gasteiger partial charge in [-0.2, -0.15) is 0 Å². The number of aromatic nitrogens is 2. The van der Waals surface area contributed by atoms with E-state index in [9.17, 15) is 4.79 Å². The molecule has 3 heteroatoms. The highest BCUT2D eigenvalue weighted by Gasteiger charge is 2.01. The minimum absolute atomic E-state index is 0.0200. The van der Waals surface area contributed by atoms with Crippen LogP contribution in [0, 0.1) is 0 Å². The highest BCUT2D eigenvalue weighted by Crippen LogP contribution is 2.21. The maximum absolute atomic E-state index is 11.1. The molecule has 0 atom stereocenters. The van der Waals surface area contributed by atoms with Crippen molar-refractivity contribution in [1.29, 1.82) is 0 Å². The van der Waals surface area contributed by atoms with Gasteiger partial charge in [0, 0.05) is 22.5 Å². The van der Waals surface area contributed by atoms with Crippen molar-refractivity contribution in [3.8, 4) is 0 Å². The molecular formula is C14H12N2O. The lowest BCUT2D eigenvalue weighted by molar-refractivity contribution is -0.111. The number of ketones is 1. The van der Waals surface area contributed by atoms with Crippen LogP contribution >= 0.6 is 0 Å². The topological polar surface area (TPSA) is 48.6 Å². The maximum Gasteiger partial charge on any atom is 0.156 e. The van der Waals surface area contributed by atoms with E-state index in [1.807, 2.05) is 24.3 Å². The molecule has 17 heavy (non-hydrogen) atoms. The molecule has 0 unspecified atom stereocenters. The number of rotatable bonds is 1. The van der Waals surface area contributed by atoms with Crippen LogP contribution in [-0.2, 0) is 4.79 Å². The van der Waals surface area contributed by atoms with Crippen molar-refractivity contribution in [2.75, 3.05) is 0 Å². The number of hydrogen-bond acceptors (Lipinski definition) is 1. The zero-order chi connectivity index (χ0) is 11.8. The Hall–Kier alpha value is -2.29. The van der Waals surface area contributed by atoms with Crippen LogP contribution < -0.4 is 5.48 Å². The fourth-order valence-corrected chi connectivity index (χ4v) is 2.15. The molecule has 0 amide bonds. The number of hydrogen-bond donors (Lipinski definition) is 2. The summed E-state index contributed by atoms with van der Waals surface area (Å²) in [4.78, 5) is 17.6. The Morgan fingerprint density at radius 2 is 1.65 bits per heavy atom. The second-order valence-electron chi connectivity index (χ2n) is 4.13. The summed E-state index contributed by atoms with van der Waals surface area (Å²) in [6.45, 7) is 1.54. The Labute approximate surface area is 97.8 Å². The minimum atomic E-state index is 0.0200. The SMILES string of the molecule is CC(=O)C=c1[nH]c2cccc3cccc([nH]1)c32. The van der Waals surface area contributed by atoms with Gasteiger partial charge in [-0.15, -0.1) is 0 Å². The van der Waals surface area contributed by atoms with Crippen LogP contribution in [0.1, 0.15) is 6.92 Å². The summed E-state index contributed by atoms with van der Waals surface area (Å²) in [6.07, 6.45) is 1.56. The van der Waals surface area contributed by atoms with Gasteiger partial charge < -0.3 is 9.97 Å². The van der Waals surface area contributed by atoms with Crippen LogP contribution in [0.3, 0.4) is 0 Å². The Balaban J connectivity index is 2.51. The lowest BCUT2D eigenvalue weighted by Gasteiger charge is -2.05. The smallest absolute Gasteiger partial charge is 0.156 e. The molecule has 2 N–H and O–H groups in total. The predicted octanol–water partition coefficient (Wildman–Crippen LogP) is 2.30. The van der Waals surface area contributed by atoms with Gasteiger partial charge in [0.05, 0.1) is 0 Å². The van der Waals surface area contributed by atoms with Gasteiger partial charge in [0.15, 0.2) is 5.78 Å². The minimum Gasteiger partial charge on any atom is -0.341 e. The number of Topliss-reactive ketones (excluding diaryl/α,β-unsaturated/α-hetero) is 1. The molecule has 1 aromatic heterocycles. The average Bonchev–Trinajstić information content (AvgIpc) is 2.28. The monoisotopic (exact) mass is 224 g/mol. The van der Waals surface area contributed by atoms with Gasteiger partial charge in [-0.05, 0) is 24.4 Å². The van der Waals surface area contributed by atoms with Gasteiger partial charge in [0.2, 0.25) is 0 Å². The van der Waals surface area contributed by atoms with E-state index in [0.29, 0.717) is 0 Å². The fourth-order valence-electron chi connectivity index (χ4n) is 2.15. The van der Waals surface area contributed by atoms with E-state index in [1.165, 1.54) is 12.3 Å². The molecule has 84 valence electrons. The van der Waals surface area contributed by atoms with Crippen LogP contribution in [-0.4, -0.2) is 15.8 Å². The summed E-state index contributed by atoms with van der Waals surface area (Å²) < 4.78 is 0. The number of aromatic amines is 2. The van der Waals surface area contributed by atoms with Crippen molar-refractivity contribution in [2.24, 2.45) is 0 Å². The van der Waals surface area contributed by atoms with Gasteiger partial charge >= 0.3 is 0 Å². The molecular weight excluding hydrogens is 212 g/mol. The van der Waals surface area contributed by atoms with Crippen molar-refractivity contribution in [3.63, 3.8) is 0 Å². The quantitative estimate of drug-likeness (QED) is 0.654. The molecule has 0 aliphatic carbocycles. The number of carbonyl (C=O) groups excluding carboxylic acids is 1. The van der Waals surface area contributed by atoms with Gasteiger partial charge in [0.1, 0.15) is 5.48 Å². The van der Waals surface area contributed by atoms with Gasteiger partial charge in [-0.25, -0.2) is 0 Å². The summed E-state index contributed by atoms with van der Waals surface area (Å²) in [5.41, 5.74) is 2.79. The lowest BCUT2D eigenvalue weighted by atomic mass is 10.1. The van der Waals surface area contributed by atoms with Crippen molar-refractivity contribution < 1.29 is 4.79 Å². The Morgan fingerprint density at radius 3 is 2.18 bits per heavy atom. The molecule has 1 heterocycles. The van der Waals surface area contributed by atoms with Crippen LogP contribution in [0.25, 0.3) is 27.9 Å². The van der Waals surface area contributed by atoms with Gasteiger partial charge in [0.25, 0.3) is 0 Å². The molecule has 0 radical (unpaired) electrons. The van der Waals surface area contributed by atoms with E-state index in [4.69, 9.17) is 0 Å². The number of H-pyrrole nitrogens is 2. The number of carbonyl (C=O) groups is 1. The lowest BCUT2D eigenvalue weighted by Crippen LogP contribution is -2.14. The first-order valence-corrected chi connectivity index (χ1v) is 5.52. The van der Waals surface area contributed by atoms with Crippen molar-refractivity contribution in [3.05, 3.63) is 41.9 Å². The van der Waals surface area contributed by atoms with E-state index in [1.54, 1.807) is 6.08 Å². The van der Waals surface area contributed by atoms with Crippen LogP contribution in [0.15, 0.2) is 36.4 Å². The second-order valence-corrected chi connectivity index (χ2v) is 4.13. The van der Waals surface area contributed by atoms with E-state index in [0.717, 1.165) is 21.9 Å². The zero-order valence-corrected chi connectivity index (χ0v) is 9.45. The average molecular weight is 224 g/mol. The molecule has 2 aromatic carbocycles. The Kier molecular flexibility index (Phi) is 2.11. The first kappa shape index (κ1) is 9.90. The Morgan fingerprint density at radius 1 is 1.06 bits per heavy atom. The van der Waals surface area contributed by atoms with E-state index >= 15 is 0 Å². The van der Waals surface area contributed by atoms with Crippen molar-refractivity contribution >= 4 is 33.7 Å². The maximum atomic E-state index is 11.1. The predicted molar refractivity (Wildman–Crippen MR) is 69.3 cm³/mol. The third-order valence-corrected chi connectivity index (χ3v) is 2.79. The molecule has 0 saturated carbocycles. The van der Waals surface area contributed by atoms with Crippen molar-refractivity contribution in [2.45, 2.75) is 6.92 Å². The van der Waals surface area contributed by atoms with E-state index < -0.39 is 0 Å². The summed E-state index contributed by atoms with van der Waals surface area (Å²) >= 11 is 0. The molecule has 0 spiro atoms. The third-order valence-electron chi connectivity index (χ3n) is 2.79. The van der Waals surface area contributed by atoms with Crippen LogP contribution in [0.4, 0.5) is 0 Å². The molecule has 0 bridgehead atoms. The summed E-state index contributed by atoms with van der Waals surface area (Å²) in [5.74, 6) is 0.0200. The highest BCUT2D eigenvalue weighted by molar-refractivity contribution is 6.07. The van der Waals surface area contributed by atoms with Gasteiger partial charge in [-0.3, -0.25) is 4.79 Å². The molecule has 0 saturated heterocycles. The molecule has 0 fully saturated rings. The molecule has 0 aliphatic heterocycles. The zero-order valence-electron chi connectivity index (χ0n) is 9.45. The first-order chi connectivity index (χ1) is 8.24. The van der Waals surface area contributed by atoms with Crippen molar-refractivity contribution in [1.82, 2.24) is 9.97 Å². The van der Waals surface area contributed by atoms with E-state index in [2.05, 4.69) is 22.1 Å². The van der Waals surface area contributed by atoms with E-state index in [-0.39, 0.29) is 5.78 Å². The number of nitrogens with one attached hydrogen (secondary N) is 2. The molecule has 3 nitrogen and oxygen atoms in total. The van der Waals surface area contributed by atoms with Crippen LogP contribution in [0.2, 0.25) is 0 Å².